The Kier molecular flexibility index (Phi) is 4.43. The minimum atomic E-state index is -0.959. The Hall–Kier alpha value is -1.55. The van der Waals surface area contributed by atoms with E-state index in [0.717, 1.165) is 19.3 Å². The van der Waals surface area contributed by atoms with Crippen LogP contribution in [-0.2, 0) is 9.59 Å². The maximum atomic E-state index is 12.0. The first-order valence-electron chi connectivity index (χ1n) is 6.34. The summed E-state index contributed by atoms with van der Waals surface area (Å²) < 4.78 is 0. The molecule has 0 spiro atoms. The van der Waals surface area contributed by atoms with E-state index >= 15 is 0 Å². The van der Waals surface area contributed by atoms with Crippen LogP contribution in [0.5, 0.6) is 0 Å². The highest BCUT2D eigenvalue weighted by molar-refractivity contribution is 6.31. The molecule has 2 rings (SSSR count). The summed E-state index contributed by atoms with van der Waals surface area (Å²) in [7, 11) is 0. The number of nitrogens with one attached hydrogen (secondary N) is 1. The summed E-state index contributed by atoms with van der Waals surface area (Å²) >= 11 is 6.07. The van der Waals surface area contributed by atoms with Gasteiger partial charge in [0.15, 0.2) is 0 Å². The van der Waals surface area contributed by atoms with Crippen LogP contribution in [0.15, 0.2) is 24.3 Å². The molecule has 5 heteroatoms. The highest BCUT2D eigenvalue weighted by atomic mass is 35.5. The van der Waals surface area contributed by atoms with Crippen molar-refractivity contribution in [3.8, 4) is 0 Å². The van der Waals surface area contributed by atoms with Crippen molar-refractivity contribution in [1.82, 2.24) is 5.32 Å². The Balaban J connectivity index is 2.13. The standard InChI is InChI=1S/C14H16ClNO3/c15-11-7-2-1-6-10(11)12(8-13(17)18)16-14(19)9-4-3-5-9/h1-2,6-7,9,12H,3-5,8H2,(H,16,19)(H,17,18)/t12-/m0/s1. The molecule has 1 aliphatic rings. The molecule has 0 heterocycles. The van der Waals surface area contributed by atoms with Crippen LogP contribution in [-0.4, -0.2) is 17.0 Å². The number of hydrogen-bond acceptors (Lipinski definition) is 2. The van der Waals surface area contributed by atoms with E-state index in [1.54, 1.807) is 24.3 Å². The Morgan fingerprint density at radius 3 is 2.58 bits per heavy atom. The van der Waals surface area contributed by atoms with Crippen LogP contribution in [0.2, 0.25) is 5.02 Å². The van der Waals surface area contributed by atoms with Crippen molar-refractivity contribution in [1.29, 1.82) is 0 Å². The molecule has 1 saturated carbocycles. The van der Waals surface area contributed by atoms with Gasteiger partial charge in [-0.3, -0.25) is 9.59 Å². The van der Waals surface area contributed by atoms with Crippen LogP contribution in [0.3, 0.4) is 0 Å². The van der Waals surface area contributed by atoms with Gasteiger partial charge < -0.3 is 10.4 Å². The lowest BCUT2D eigenvalue weighted by Crippen LogP contribution is -2.37. The van der Waals surface area contributed by atoms with Crippen LogP contribution >= 0.6 is 11.6 Å². The SMILES string of the molecule is O=C(O)C[C@H](NC(=O)C1CCC1)c1ccccc1Cl. The van der Waals surface area contributed by atoms with Crippen molar-refractivity contribution in [3.63, 3.8) is 0 Å². The summed E-state index contributed by atoms with van der Waals surface area (Å²) in [5.74, 6) is -1.00. The summed E-state index contributed by atoms with van der Waals surface area (Å²) in [4.78, 5) is 22.9. The van der Waals surface area contributed by atoms with Gasteiger partial charge >= 0.3 is 5.97 Å². The topological polar surface area (TPSA) is 66.4 Å². The number of carbonyl (C=O) groups excluding carboxylic acids is 1. The minimum absolute atomic E-state index is 0.0267. The molecule has 0 radical (unpaired) electrons. The zero-order valence-electron chi connectivity index (χ0n) is 10.4. The van der Waals surface area contributed by atoms with Gasteiger partial charge in [0.25, 0.3) is 0 Å². The van der Waals surface area contributed by atoms with Crippen molar-refractivity contribution in [2.75, 3.05) is 0 Å². The summed E-state index contributed by atoms with van der Waals surface area (Å²) in [6.45, 7) is 0. The van der Waals surface area contributed by atoms with Gasteiger partial charge in [0.05, 0.1) is 12.5 Å². The zero-order valence-corrected chi connectivity index (χ0v) is 11.2. The first-order chi connectivity index (χ1) is 9.08. The van der Waals surface area contributed by atoms with Crippen LogP contribution in [0.4, 0.5) is 0 Å². The average Bonchev–Trinajstić information content (AvgIpc) is 2.25. The molecule has 19 heavy (non-hydrogen) atoms. The lowest BCUT2D eigenvalue weighted by molar-refractivity contribution is -0.138. The van der Waals surface area contributed by atoms with Gasteiger partial charge in [-0.25, -0.2) is 0 Å². The molecular formula is C14H16ClNO3. The average molecular weight is 282 g/mol. The molecule has 0 aromatic heterocycles. The third-order valence-corrected chi connectivity index (χ3v) is 3.80. The number of rotatable bonds is 5. The van der Waals surface area contributed by atoms with Gasteiger partial charge in [-0.2, -0.15) is 0 Å². The van der Waals surface area contributed by atoms with Crippen molar-refractivity contribution in [2.45, 2.75) is 31.7 Å². The molecular weight excluding hydrogens is 266 g/mol. The van der Waals surface area contributed by atoms with E-state index in [4.69, 9.17) is 16.7 Å². The molecule has 1 amide bonds. The lowest BCUT2D eigenvalue weighted by Gasteiger charge is -2.27. The molecule has 1 aromatic carbocycles. The molecule has 102 valence electrons. The second-order valence-electron chi connectivity index (χ2n) is 4.81. The minimum Gasteiger partial charge on any atom is -0.481 e. The molecule has 0 unspecified atom stereocenters. The lowest BCUT2D eigenvalue weighted by atomic mass is 9.84. The van der Waals surface area contributed by atoms with Crippen LogP contribution in [0.1, 0.15) is 37.3 Å². The first-order valence-corrected chi connectivity index (χ1v) is 6.72. The fourth-order valence-corrected chi connectivity index (χ4v) is 2.40. The van der Waals surface area contributed by atoms with Crippen molar-refractivity contribution < 1.29 is 14.7 Å². The van der Waals surface area contributed by atoms with E-state index in [2.05, 4.69) is 5.32 Å². The number of amides is 1. The van der Waals surface area contributed by atoms with Gasteiger partial charge in [0.2, 0.25) is 5.91 Å². The van der Waals surface area contributed by atoms with Gasteiger partial charge in [-0.1, -0.05) is 36.2 Å². The second-order valence-corrected chi connectivity index (χ2v) is 5.22. The van der Waals surface area contributed by atoms with Crippen LogP contribution in [0.25, 0.3) is 0 Å². The van der Waals surface area contributed by atoms with Crippen molar-refractivity contribution in [3.05, 3.63) is 34.9 Å². The first kappa shape index (κ1) is 13.9. The summed E-state index contributed by atoms with van der Waals surface area (Å²) in [6, 6.07) is 6.43. The largest absolute Gasteiger partial charge is 0.481 e. The van der Waals surface area contributed by atoms with Gasteiger partial charge in [-0.15, -0.1) is 0 Å². The Morgan fingerprint density at radius 1 is 1.37 bits per heavy atom. The number of carboxylic acids is 1. The number of aliphatic carboxylic acids is 1. The van der Waals surface area contributed by atoms with E-state index in [-0.39, 0.29) is 18.2 Å². The van der Waals surface area contributed by atoms with Gasteiger partial charge in [-0.05, 0) is 24.5 Å². The van der Waals surface area contributed by atoms with E-state index in [9.17, 15) is 9.59 Å². The number of carboxylic acid groups (broad SMARTS) is 1. The normalized spacial score (nSPS) is 16.5. The second kappa shape index (κ2) is 6.06. The summed E-state index contributed by atoms with van der Waals surface area (Å²) in [5, 5.41) is 12.2. The van der Waals surface area contributed by atoms with Crippen LogP contribution < -0.4 is 5.32 Å². The van der Waals surface area contributed by atoms with E-state index < -0.39 is 12.0 Å². The third kappa shape index (κ3) is 3.47. The maximum Gasteiger partial charge on any atom is 0.305 e. The highest BCUT2D eigenvalue weighted by Crippen LogP contribution is 2.29. The van der Waals surface area contributed by atoms with Crippen molar-refractivity contribution >= 4 is 23.5 Å². The third-order valence-electron chi connectivity index (χ3n) is 3.45. The van der Waals surface area contributed by atoms with Gasteiger partial charge in [0, 0.05) is 10.9 Å². The number of halogens is 1. The fourth-order valence-electron chi connectivity index (χ4n) is 2.13. The Morgan fingerprint density at radius 2 is 2.05 bits per heavy atom. The molecule has 4 nitrogen and oxygen atoms in total. The monoisotopic (exact) mass is 281 g/mol. The zero-order chi connectivity index (χ0) is 13.8. The number of hydrogen-bond donors (Lipinski definition) is 2. The van der Waals surface area contributed by atoms with E-state index in [1.165, 1.54) is 0 Å². The van der Waals surface area contributed by atoms with E-state index in [1.807, 2.05) is 0 Å². The van der Waals surface area contributed by atoms with Crippen LogP contribution in [0, 0.1) is 5.92 Å². The predicted octanol–water partition coefficient (Wildman–Crippen LogP) is 2.77. The molecule has 0 saturated heterocycles. The predicted molar refractivity (Wildman–Crippen MR) is 71.9 cm³/mol. The highest BCUT2D eigenvalue weighted by Gasteiger charge is 2.28. The Labute approximate surface area is 116 Å². The number of carbonyl (C=O) groups is 2. The molecule has 2 N–H and O–H groups in total. The molecule has 1 aromatic rings. The molecule has 1 aliphatic carbocycles. The quantitative estimate of drug-likeness (QED) is 0.872. The number of benzene rings is 1. The fraction of sp³-hybridized carbons (Fsp3) is 0.429. The molecule has 1 fully saturated rings. The summed E-state index contributed by atoms with van der Waals surface area (Å²) in [6.07, 6.45) is 2.66. The smallest absolute Gasteiger partial charge is 0.305 e. The summed E-state index contributed by atoms with van der Waals surface area (Å²) in [5.41, 5.74) is 0.652. The van der Waals surface area contributed by atoms with E-state index in [0.29, 0.717) is 10.6 Å². The Bertz CT molecular complexity index is 485. The van der Waals surface area contributed by atoms with Crippen molar-refractivity contribution in [2.24, 2.45) is 5.92 Å². The molecule has 1 atom stereocenters. The van der Waals surface area contributed by atoms with Gasteiger partial charge in [0.1, 0.15) is 0 Å². The maximum absolute atomic E-state index is 12.0. The molecule has 0 bridgehead atoms. The molecule has 0 aliphatic heterocycles.